The summed E-state index contributed by atoms with van der Waals surface area (Å²) in [5.74, 6) is 0.304. The molecule has 0 atom stereocenters. The van der Waals surface area contributed by atoms with Crippen LogP contribution in [0.15, 0.2) is 34.3 Å². The minimum Gasteiger partial charge on any atom is -0.357 e. The van der Waals surface area contributed by atoms with E-state index in [-0.39, 0.29) is 10.7 Å². The molecule has 104 valence electrons. The van der Waals surface area contributed by atoms with Crippen molar-refractivity contribution in [1.29, 1.82) is 0 Å². The summed E-state index contributed by atoms with van der Waals surface area (Å²) in [6.07, 6.45) is 1.17. The van der Waals surface area contributed by atoms with Gasteiger partial charge in [-0.25, -0.2) is 4.98 Å². The normalized spacial score (nSPS) is 10.3. The number of hydrogen-bond donors (Lipinski definition) is 1. The molecule has 0 amide bonds. The van der Waals surface area contributed by atoms with Gasteiger partial charge in [-0.3, -0.25) is 10.1 Å². The maximum atomic E-state index is 11.0. The van der Waals surface area contributed by atoms with Crippen molar-refractivity contribution in [2.75, 3.05) is 12.4 Å². The Hall–Kier alpha value is -1.57. The molecule has 1 aromatic heterocycles. The quantitative estimate of drug-likeness (QED) is 0.520. The highest BCUT2D eigenvalue weighted by molar-refractivity contribution is 7.99. The molecule has 0 aliphatic heterocycles. The molecule has 0 aliphatic carbocycles. The van der Waals surface area contributed by atoms with Gasteiger partial charge in [0.1, 0.15) is 6.20 Å². The fourth-order valence-corrected chi connectivity index (χ4v) is 2.60. The van der Waals surface area contributed by atoms with Gasteiger partial charge in [0.05, 0.1) is 15.0 Å². The van der Waals surface area contributed by atoms with Crippen LogP contribution in [0.1, 0.15) is 0 Å². The molecule has 0 saturated heterocycles. The Morgan fingerprint density at radius 1 is 1.35 bits per heavy atom. The van der Waals surface area contributed by atoms with Crippen LogP contribution in [0.3, 0.4) is 0 Å². The predicted octanol–water partition coefficient (Wildman–Crippen LogP) is 3.88. The summed E-state index contributed by atoms with van der Waals surface area (Å²) in [6, 6.07) is 4.96. The summed E-state index contributed by atoms with van der Waals surface area (Å²) < 4.78 is 0. The molecule has 0 spiro atoms. The lowest BCUT2D eigenvalue weighted by molar-refractivity contribution is -0.388. The van der Waals surface area contributed by atoms with Gasteiger partial charge >= 0.3 is 5.69 Å². The average molecular weight is 331 g/mol. The van der Waals surface area contributed by atoms with E-state index in [9.17, 15) is 10.1 Å². The van der Waals surface area contributed by atoms with Crippen molar-refractivity contribution in [3.05, 3.63) is 44.6 Å². The molecular weight excluding hydrogens is 323 g/mol. The van der Waals surface area contributed by atoms with Gasteiger partial charge < -0.3 is 5.32 Å². The van der Waals surface area contributed by atoms with Gasteiger partial charge in [0.25, 0.3) is 0 Å². The summed E-state index contributed by atoms with van der Waals surface area (Å²) >= 11 is 12.9. The SMILES string of the molecule is CNc1ncc([N+](=O)[O-])c(Sc2ccc(Cl)c(Cl)c2)n1. The van der Waals surface area contributed by atoms with Gasteiger partial charge in [-0.15, -0.1) is 0 Å². The first-order valence-electron chi connectivity index (χ1n) is 5.33. The lowest BCUT2D eigenvalue weighted by atomic mass is 10.4. The van der Waals surface area contributed by atoms with Gasteiger partial charge in [0, 0.05) is 11.9 Å². The summed E-state index contributed by atoms with van der Waals surface area (Å²) in [4.78, 5) is 19.1. The van der Waals surface area contributed by atoms with E-state index < -0.39 is 4.92 Å². The highest BCUT2D eigenvalue weighted by Crippen LogP contribution is 2.35. The van der Waals surface area contributed by atoms with Crippen LogP contribution in [0.4, 0.5) is 11.6 Å². The molecule has 6 nitrogen and oxygen atoms in total. The first-order valence-corrected chi connectivity index (χ1v) is 6.90. The predicted molar refractivity (Wildman–Crippen MR) is 78.8 cm³/mol. The summed E-state index contributed by atoms with van der Waals surface area (Å²) in [5.41, 5.74) is -0.167. The Morgan fingerprint density at radius 2 is 2.10 bits per heavy atom. The minimum absolute atomic E-state index is 0.167. The van der Waals surface area contributed by atoms with E-state index >= 15 is 0 Å². The molecule has 0 aliphatic rings. The smallest absolute Gasteiger partial charge is 0.320 e. The zero-order chi connectivity index (χ0) is 14.7. The number of halogens is 2. The highest BCUT2D eigenvalue weighted by atomic mass is 35.5. The fourth-order valence-electron chi connectivity index (χ4n) is 1.33. The van der Waals surface area contributed by atoms with Crippen molar-refractivity contribution in [1.82, 2.24) is 9.97 Å². The molecule has 0 radical (unpaired) electrons. The molecule has 20 heavy (non-hydrogen) atoms. The molecule has 0 bridgehead atoms. The monoisotopic (exact) mass is 330 g/mol. The summed E-state index contributed by atoms with van der Waals surface area (Å²) in [7, 11) is 1.63. The van der Waals surface area contributed by atoms with E-state index in [4.69, 9.17) is 23.2 Å². The number of nitrogens with one attached hydrogen (secondary N) is 1. The van der Waals surface area contributed by atoms with Gasteiger partial charge in [0.15, 0.2) is 5.03 Å². The molecule has 1 aromatic carbocycles. The maximum absolute atomic E-state index is 11.0. The van der Waals surface area contributed by atoms with Crippen LogP contribution in [0.2, 0.25) is 10.0 Å². The second-order valence-electron chi connectivity index (χ2n) is 3.57. The number of benzene rings is 1. The minimum atomic E-state index is -0.528. The average Bonchev–Trinajstić information content (AvgIpc) is 2.42. The molecule has 2 aromatic rings. The third-order valence-corrected chi connectivity index (χ3v) is 3.98. The Bertz CT molecular complexity index is 669. The van der Waals surface area contributed by atoms with Crippen molar-refractivity contribution < 1.29 is 4.92 Å². The van der Waals surface area contributed by atoms with Gasteiger partial charge in [-0.05, 0) is 18.2 Å². The Labute approximate surface area is 128 Å². The Balaban J connectivity index is 2.40. The van der Waals surface area contributed by atoms with E-state index in [1.165, 1.54) is 6.20 Å². The van der Waals surface area contributed by atoms with E-state index in [2.05, 4.69) is 15.3 Å². The van der Waals surface area contributed by atoms with Crippen LogP contribution in [-0.4, -0.2) is 21.9 Å². The van der Waals surface area contributed by atoms with E-state index in [0.29, 0.717) is 20.9 Å². The van der Waals surface area contributed by atoms with Gasteiger partial charge in [-0.1, -0.05) is 35.0 Å². The standard InChI is InChI=1S/C11H8Cl2N4O2S/c1-14-11-15-5-9(17(18)19)10(16-11)20-6-2-3-7(12)8(13)4-6/h2-5H,1H3,(H,14,15,16). The lowest BCUT2D eigenvalue weighted by Crippen LogP contribution is -2.00. The van der Waals surface area contributed by atoms with E-state index in [1.54, 1.807) is 25.2 Å². The number of rotatable bonds is 4. The highest BCUT2D eigenvalue weighted by Gasteiger charge is 2.18. The van der Waals surface area contributed by atoms with E-state index in [0.717, 1.165) is 11.8 Å². The molecular formula is C11H8Cl2N4O2S. The lowest BCUT2D eigenvalue weighted by Gasteiger charge is -2.05. The molecule has 2 rings (SSSR count). The number of nitro groups is 1. The summed E-state index contributed by atoms with van der Waals surface area (Å²) in [6.45, 7) is 0. The number of hydrogen-bond acceptors (Lipinski definition) is 6. The van der Waals surface area contributed by atoms with Gasteiger partial charge in [0.2, 0.25) is 5.95 Å². The molecule has 0 fully saturated rings. The third-order valence-electron chi connectivity index (χ3n) is 2.26. The first-order chi connectivity index (χ1) is 9.51. The van der Waals surface area contributed by atoms with Crippen molar-refractivity contribution in [2.45, 2.75) is 9.92 Å². The Morgan fingerprint density at radius 3 is 2.70 bits per heavy atom. The maximum Gasteiger partial charge on any atom is 0.320 e. The van der Waals surface area contributed by atoms with Crippen LogP contribution in [-0.2, 0) is 0 Å². The van der Waals surface area contributed by atoms with Crippen molar-refractivity contribution >= 4 is 46.6 Å². The van der Waals surface area contributed by atoms with Crippen molar-refractivity contribution in [2.24, 2.45) is 0 Å². The number of anilines is 1. The number of aromatic nitrogens is 2. The van der Waals surface area contributed by atoms with Crippen molar-refractivity contribution in [3.63, 3.8) is 0 Å². The van der Waals surface area contributed by atoms with Crippen LogP contribution in [0.25, 0.3) is 0 Å². The topological polar surface area (TPSA) is 81.0 Å². The van der Waals surface area contributed by atoms with Gasteiger partial charge in [-0.2, -0.15) is 4.98 Å². The fraction of sp³-hybridized carbons (Fsp3) is 0.0909. The third kappa shape index (κ3) is 3.30. The molecule has 0 saturated carbocycles. The zero-order valence-corrected chi connectivity index (χ0v) is 12.5. The van der Waals surface area contributed by atoms with Crippen LogP contribution >= 0.6 is 35.0 Å². The largest absolute Gasteiger partial charge is 0.357 e. The van der Waals surface area contributed by atoms with Crippen LogP contribution in [0, 0.1) is 10.1 Å². The Kier molecular flexibility index (Phi) is 4.64. The number of nitrogens with zero attached hydrogens (tertiary/aromatic N) is 3. The second-order valence-corrected chi connectivity index (χ2v) is 5.45. The zero-order valence-electron chi connectivity index (χ0n) is 10.1. The second kappa shape index (κ2) is 6.25. The van der Waals surface area contributed by atoms with Crippen LogP contribution < -0.4 is 5.32 Å². The van der Waals surface area contributed by atoms with E-state index in [1.807, 2.05) is 0 Å². The molecule has 1 heterocycles. The summed E-state index contributed by atoms with van der Waals surface area (Å²) in [5, 5.41) is 14.7. The van der Waals surface area contributed by atoms with Crippen LogP contribution in [0.5, 0.6) is 0 Å². The van der Waals surface area contributed by atoms with Crippen molar-refractivity contribution in [3.8, 4) is 0 Å². The molecule has 9 heteroatoms. The molecule has 0 unspecified atom stereocenters. The first kappa shape index (κ1) is 14.8. The molecule has 1 N–H and O–H groups in total.